The summed E-state index contributed by atoms with van der Waals surface area (Å²) in [4.78, 5) is 12.9. The zero-order chi connectivity index (χ0) is 13.5. The molecule has 0 aliphatic heterocycles. The third-order valence-corrected chi connectivity index (χ3v) is 2.63. The number of nitrogen functional groups attached to an aromatic ring is 1. The zero-order valence-electron chi connectivity index (χ0n) is 10.7. The number of nitrogens with two attached hydrogens (primary N) is 2. The van der Waals surface area contributed by atoms with Crippen LogP contribution in [-0.2, 0) is 11.3 Å². The number of hydrogen-bond acceptors (Lipinski definition) is 4. The number of amides is 1. The Morgan fingerprint density at radius 3 is 2.50 bits per heavy atom. The maximum atomic E-state index is 11.0. The molecule has 0 spiro atoms. The summed E-state index contributed by atoms with van der Waals surface area (Å²) in [5.74, 6) is -0.365. The van der Waals surface area contributed by atoms with Gasteiger partial charge < -0.3 is 16.6 Å². The maximum Gasteiger partial charge on any atom is 0.231 e. The topological polar surface area (TPSA) is 92.6 Å². The second-order valence-corrected chi connectivity index (χ2v) is 4.56. The van der Waals surface area contributed by atoms with Crippen molar-refractivity contribution >= 4 is 11.6 Å². The summed E-state index contributed by atoms with van der Waals surface area (Å²) in [6.07, 6.45) is 0.231. The van der Waals surface area contributed by atoms with Gasteiger partial charge >= 0.3 is 0 Å². The van der Waals surface area contributed by atoms with Gasteiger partial charge in [0.1, 0.15) is 0 Å². The van der Waals surface area contributed by atoms with Crippen molar-refractivity contribution in [2.45, 2.75) is 26.0 Å². The van der Waals surface area contributed by atoms with E-state index in [1.807, 2.05) is 29.2 Å². The molecular formula is C13H21N3O2. The number of nitrogens with zero attached hydrogens (tertiary/aromatic N) is 1. The molecule has 0 saturated heterocycles. The van der Waals surface area contributed by atoms with E-state index in [0.29, 0.717) is 25.2 Å². The Kier molecular flexibility index (Phi) is 5.61. The number of aliphatic hydroxyl groups is 1. The van der Waals surface area contributed by atoms with Crippen molar-refractivity contribution in [3.05, 3.63) is 29.8 Å². The number of rotatable bonds is 7. The molecule has 5 heteroatoms. The minimum Gasteiger partial charge on any atom is -0.399 e. The molecule has 18 heavy (non-hydrogen) atoms. The summed E-state index contributed by atoms with van der Waals surface area (Å²) in [6, 6.07) is 7.50. The average Bonchev–Trinajstić information content (AvgIpc) is 2.28. The van der Waals surface area contributed by atoms with E-state index in [0.717, 1.165) is 5.56 Å². The van der Waals surface area contributed by atoms with Crippen molar-refractivity contribution in [3.8, 4) is 0 Å². The van der Waals surface area contributed by atoms with Gasteiger partial charge in [-0.1, -0.05) is 12.1 Å². The first kappa shape index (κ1) is 14.5. The molecule has 1 atom stereocenters. The quantitative estimate of drug-likeness (QED) is 0.609. The van der Waals surface area contributed by atoms with Crippen LogP contribution in [0, 0.1) is 0 Å². The molecule has 0 aliphatic carbocycles. The number of aliphatic hydroxyl groups excluding tert-OH is 1. The molecule has 1 amide bonds. The van der Waals surface area contributed by atoms with Crippen LogP contribution >= 0.6 is 0 Å². The van der Waals surface area contributed by atoms with Gasteiger partial charge in [0.2, 0.25) is 5.91 Å². The highest BCUT2D eigenvalue weighted by molar-refractivity contribution is 5.75. The Morgan fingerprint density at radius 2 is 2.00 bits per heavy atom. The first-order valence-corrected chi connectivity index (χ1v) is 6.00. The van der Waals surface area contributed by atoms with Crippen molar-refractivity contribution in [2.24, 2.45) is 5.73 Å². The van der Waals surface area contributed by atoms with E-state index >= 15 is 0 Å². The number of benzene rings is 1. The molecule has 0 aliphatic rings. The lowest BCUT2D eigenvalue weighted by molar-refractivity contribution is -0.119. The van der Waals surface area contributed by atoms with E-state index in [2.05, 4.69) is 0 Å². The van der Waals surface area contributed by atoms with Gasteiger partial charge in [0.15, 0.2) is 0 Å². The Hall–Kier alpha value is -1.59. The van der Waals surface area contributed by atoms with Gasteiger partial charge in [0.05, 0.1) is 12.6 Å². The molecule has 5 N–H and O–H groups in total. The van der Waals surface area contributed by atoms with Crippen LogP contribution in [0.15, 0.2) is 24.3 Å². The molecule has 1 aromatic carbocycles. The van der Waals surface area contributed by atoms with Crippen LogP contribution in [0.25, 0.3) is 0 Å². The fourth-order valence-corrected chi connectivity index (χ4v) is 1.69. The van der Waals surface area contributed by atoms with Crippen LogP contribution in [0.4, 0.5) is 5.69 Å². The highest BCUT2D eigenvalue weighted by Gasteiger charge is 2.10. The van der Waals surface area contributed by atoms with Crippen LogP contribution in [0.2, 0.25) is 0 Å². The number of anilines is 1. The number of carbonyl (C=O) groups is 1. The van der Waals surface area contributed by atoms with Gasteiger partial charge in [0, 0.05) is 18.8 Å². The Morgan fingerprint density at radius 1 is 1.39 bits per heavy atom. The van der Waals surface area contributed by atoms with Gasteiger partial charge in [-0.2, -0.15) is 0 Å². The number of carbonyl (C=O) groups excluding carboxylic acids is 1. The lowest BCUT2D eigenvalue weighted by Crippen LogP contribution is -2.35. The molecule has 0 bridgehead atoms. The van der Waals surface area contributed by atoms with Crippen LogP contribution in [0.5, 0.6) is 0 Å². The molecule has 100 valence electrons. The summed E-state index contributed by atoms with van der Waals surface area (Å²) >= 11 is 0. The highest BCUT2D eigenvalue weighted by atomic mass is 16.3. The summed E-state index contributed by atoms with van der Waals surface area (Å²) in [5, 5.41) is 9.28. The van der Waals surface area contributed by atoms with Gasteiger partial charge in [-0.05, 0) is 31.0 Å². The van der Waals surface area contributed by atoms with E-state index in [4.69, 9.17) is 11.5 Å². The van der Waals surface area contributed by atoms with Gasteiger partial charge in [0.25, 0.3) is 0 Å². The van der Waals surface area contributed by atoms with Crippen molar-refractivity contribution in [1.29, 1.82) is 0 Å². The normalized spacial score (nSPS) is 12.6. The van der Waals surface area contributed by atoms with Gasteiger partial charge in [-0.15, -0.1) is 0 Å². The standard InChI is InChI=1S/C13H21N3O2/c1-10(17)6-7-16(9-13(15)18)8-11-2-4-12(14)5-3-11/h2-5,10,17H,6-9,14H2,1H3,(H2,15,18). The second-order valence-electron chi connectivity index (χ2n) is 4.56. The van der Waals surface area contributed by atoms with E-state index in [9.17, 15) is 9.90 Å². The number of hydrogen-bond donors (Lipinski definition) is 3. The second kappa shape index (κ2) is 6.98. The summed E-state index contributed by atoms with van der Waals surface area (Å²) < 4.78 is 0. The van der Waals surface area contributed by atoms with E-state index in [1.54, 1.807) is 6.92 Å². The minimum absolute atomic E-state index is 0.192. The van der Waals surface area contributed by atoms with Crippen LogP contribution in [-0.4, -0.2) is 35.1 Å². The highest BCUT2D eigenvalue weighted by Crippen LogP contribution is 2.09. The summed E-state index contributed by atoms with van der Waals surface area (Å²) in [7, 11) is 0. The first-order valence-electron chi connectivity index (χ1n) is 6.00. The van der Waals surface area contributed by atoms with Gasteiger partial charge in [-0.3, -0.25) is 9.69 Å². The maximum absolute atomic E-state index is 11.0. The van der Waals surface area contributed by atoms with Gasteiger partial charge in [-0.25, -0.2) is 0 Å². The van der Waals surface area contributed by atoms with Crippen molar-refractivity contribution in [2.75, 3.05) is 18.8 Å². The molecule has 5 nitrogen and oxygen atoms in total. The Balaban J connectivity index is 2.59. The predicted octanol–water partition coefficient (Wildman–Crippen LogP) is 0.327. The third-order valence-electron chi connectivity index (χ3n) is 2.63. The lowest BCUT2D eigenvalue weighted by atomic mass is 10.2. The molecule has 0 radical (unpaired) electrons. The lowest BCUT2D eigenvalue weighted by Gasteiger charge is -2.21. The summed E-state index contributed by atoms with van der Waals surface area (Å²) in [5.41, 5.74) is 12.6. The fraction of sp³-hybridized carbons (Fsp3) is 0.462. The number of primary amides is 1. The van der Waals surface area contributed by atoms with Crippen molar-refractivity contribution in [3.63, 3.8) is 0 Å². The third kappa shape index (κ3) is 5.65. The zero-order valence-corrected chi connectivity index (χ0v) is 10.7. The first-order chi connectivity index (χ1) is 8.47. The molecular weight excluding hydrogens is 230 g/mol. The summed E-state index contributed by atoms with van der Waals surface area (Å²) in [6.45, 7) is 3.17. The van der Waals surface area contributed by atoms with Crippen LogP contribution in [0.3, 0.4) is 0 Å². The van der Waals surface area contributed by atoms with Crippen LogP contribution in [0.1, 0.15) is 18.9 Å². The molecule has 1 aromatic rings. The fourth-order valence-electron chi connectivity index (χ4n) is 1.69. The minimum atomic E-state index is -0.383. The molecule has 0 aromatic heterocycles. The molecule has 1 unspecified atom stereocenters. The monoisotopic (exact) mass is 251 g/mol. The molecule has 0 heterocycles. The van der Waals surface area contributed by atoms with E-state index in [-0.39, 0.29) is 18.6 Å². The van der Waals surface area contributed by atoms with Crippen molar-refractivity contribution in [1.82, 2.24) is 4.90 Å². The largest absolute Gasteiger partial charge is 0.399 e. The molecule has 0 fully saturated rings. The average molecular weight is 251 g/mol. The van der Waals surface area contributed by atoms with Crippen LogP contribution < -0.4 is 11.5 Å². The predicted molar refractivity (Wildman–Crippen MR) is 71.6 cm³/mol. The van der Waals surface area contributed by atoms with Crippen molar-refractivity contribution < 1.29 is 9.90 Å². The Labute approximate surface area is 107 Å². The molecule has 0 saturated carbocycles. The SMILES string of the molecule is CC(O)CCN(CC(N)=O)Cc1ccc(N)cc1. The van der Waals surface area contributed by atoms with E-state index in [1.165, 1.54) is 0 Å². The molecule has 1 rings (SSSR count). The smallest absolute Gasteiger partial charge is 0.231 e. The van der Waals surface area contributed by atoms with E-state index < -0.39 is 0 Å². The Bertz CT molecular complexity index is 376.